The van der Waals surface area contributed by atoms with Crippen LogP contribution in [-0.4, -0.2) is 52.8 Å². The van der Waals surface area contributed by atoms with Gasteiger partial charge in [-0.1, -0.05) is 34.7 Å². The Labute approximate surface area is 146 Å². The number of halogens is 1. The van der Waals surface area contributed by atoms with Crippen LogP contribution in [0.4, 0.5) is 0 Å². The van der Waals surface area contributed by atoms with Crippen molar-refractivity contribution in [3.05, 3.63) is 35.4 Å². The maximum absolute atomic E-state index is 12.5. The molecule has 8 heteroatoms. The van der Waals surface area contributed by atoms with Crippen LogP contribution in [0.15, 0.2) is 24.3 Å². The van der Waals surface area contributed by atoms with Crippen molar-refractivity contribution in [3.63, 3.8) is 0 Å². The van der Waals surface area contributed by atoms with E-state index >= 15 is 0 Å². The summed E-state index contributed by atoms with van der Waals surface area (Å²) in [6.07, 6.45) is -0.0780. The Balaban J connectivity index is 2.34. The van der Waals surface area contributed by atoms with E-state index in [1.807, 2.05) is 0 Å². The zero-order valence-electron chi connectivity index (χ0n) is 12.4. The Morgan fingerprint density at radius 2 is 1.52 bits per heavy atom. The summed E-state index contributed by atoms with van der Waals surface area (Å²) in [6.45, 7) is 0. The lowest BCUT2D eigenvalue weighted by Gasteiger charge is -2.25. The molecule has 1 aliphatic heterocycles. The molecule has 0 fully saturated rings. The molecule has 0 N–H and O–H groups in total. The summed E-state index contributed by atoms with van der Waals surface area (Å²) in [7, 11) is 2.39. The number of alkyl halides is 1. The molecule has 0 aliphatic carbocycles. The number of rotatable bonds is 5. The first-order chi connectivity index (χ1) is 10.9. The molecule has 0 saturated heterocycles. The van der Waals surface area contributed by atoms with E-state index in [1.54, 1.807) is 34.7 Å². The van der Waals surface area contributed by atoms with Gasteiger partial charge in [-0.05, 0) is 12.1 Å². The summed E-state index contributed by atoms with van der Waals surface area (Å²) in [5, 5.41) is 0. The smallest absolute Gasteiger partial charge is 0.329 e. The van der Waals surface area contributed by atoms with Gasteiger partial charge in [-0.3, -0.25) is 19.3 Å². The number of hydrogen-bond acceptors (Lipinski definition) is 6. The fourth-order valence-electron chi connectivity index (χ4n) is 2.35. The minimum Gasteiger partial charge on any atom is -0.468 e. The van der Waals surface area contributed by atoms with Crippen LogP contribution in [-0.2, 0) is 19.1 Å². The van der Waals surface area contributed by atoms with Crippen molar-refractivity contribution >= 4 is 46.3 Å². The Bertz CT molecular complexity index is 639. The van der Waals surface area contributed by atoms with Crippen LogP contribution in [0, 0.1) is 0 Å². The number of imide groups is 1. The maximum Gasteiger partial charge on any atom is 0.329 e. The molecule has 0 spiro atoms. The number of amides is 2. The summed E-state index contributed by atoms with van der Waals surface area (Å²) < 4.78 is 8.61. The average molecular weight is 431 g/mol. The highest BCUT2D eigenvalue weighted by Gasteiger charge is 2.44. The molecule has 2 atom stereocenters. The number of benzene rings is 1. The SMILES string of the molecule is COC(=O)[C@@H](I)C[C@@H](C(=O)OC)N1C(=O)c2ccccc2C1=O. The predicted molar refractivity (Wildman–Crippen MR) is 87.2 cm³/mol. The molecular weight excluding hydrogens is 417 g/mol. The highest BCUT2D eigenvalue weighted by molar-refractivity contribution is 14.1. The first-order valence-electron chi connectivity index (χ1n) is 6.69. The average Bonchev–Trinajstić information content (AvgIpc) is 2.82. The second-order valence-electron chi connectivity index (χ2n) is 4.79. The predicted octanol–water partition coefficient (Wildman–Crippen LogP) is 1.19. The summed E-state index contributed by atoms with van der Waals surface area (Å²) in [6, 6.07) is 5.12. The number of nitrogens with zero attached hydrogens (tertiary/aromatic N) is 1. The fraction of sp³-hybridized carbons (Fsp3) is 0.333. The van der Waals surface area contributed by atoms with Gasteiger partial charge in [-0.25, -0.2) is 4.79 Å². The molecule has 0 radical (unpaired) electrons. The summed E-state index contributed by atoms with van der Waals surface area (Å²) in [4.78, 5) is 49.4. The molecule has 122 valence electrons. The summed E-state index contributed by atoms with van der Waals surface area (Å²) >= 11 is 1.80. The van der Waals surface area contributed by atoms with E-state index in [9.17, 15) is 19.2 Å². The number of hydrogen-bond donors (Lipinski definition) is 0. The Morgan fingerprint density at radius 1 is 1.04 bits per heavy atom. The van der Waals surface area contributed by atoms with Crippen molar-refractivity contribution in [2.24, 2.45) is 0 Å². The van der Waals surface area contributed by atoms with Gasteiger partial charge in [0.25, 0.3) is 11.8 Å². The van der Waals surface area contributed by atoms with E-state index in [2.05, 4.69) is 4.74 Å². The molecule has 0 unspecified atom stereocenters. The molecule has 1 aromatic carbocycles. The van der Waals surface area contributed by atoms with Gasteiger partial charge >= 0.3 is 11.9 Å². The molecule has 0 aromatic heterocycles. The van der Waals surface area contributed by atoms with Crippen molar-refractivity contribution in [3.8, 4) is 0 Å². The van der Waals surface area contributed by atoms with Gasteiger partial charge in [0.05, 0.1) is 25.3 Å². The minimum absolute atomic E-state index is 0.0780. The van der Waals surface area contributed by atoms with E-state index in [-0.39, 0.29) is 17.5 Å². The lowest BCUT2D eigenvalue weighted by atomic mass is 10.1. The Morgan fingerprint density at radius 3 is 1.96 bits per heavy atom. The topological polar surface area (TPSA) is 90.0 Å². The molecule has 1 aliphatic rings. The normalized spacial score (nSPS) is 15.9. The van der Waals surface area contributed by atoms with Gasteiger partial charge in [-0.15, -0.1) is 0 Å². The lowest BCUT2D eigenvalue weighted by Crippen LogP contribution is -2.47. The van der Waals surface area contributed by atoms with Gasteiger partial charge in [0.1, 0.15) is 9.97 Å². The van der Waals surface area contributed by atoms with Crippen molar-refractivity contribution in [2.45, 2.75) is 16.4 Å². The largest absolute Gasteiger partial charge is 0.468 e. The van der Waals surface area contributed by atoms with Crippen LogP contribution in [0.1, 0.15) is 27.1 Å². The zero-order chi connectivity index (χ0) is 17.1. The number of ether oxygens (including phenoxy) is 2. The molecule has 7 nitrogen and oxygen atoms in total. The second kappa shape index (κ2) is 7.07. The van der Waals surface area contributed by atoms with Gasteiger partial charge in [0.15, 0.2) is 0 Å². The lowest BCUT2D eigenvalue weighted by molar-refractivity contribution is -0.146. The summed E-state index contributed by atoms with van der Waals surface area (Å²) in [5.41, 5.74) is 0.462. The van der Waals surface area contributed by atoms with Crippen LogP contribution < -0.4 is 0 Å². The molecule has 1 heterocycles. The monoisotopic (exact) mass is 431 g/mol. The third-order valence-corrected chi connectivity index (χ3v) is 4.51. The number of fused-ring (bicyclic) bond motifs is 1. The van der Waals surface area contributed by atoms with Crippen LogP contribution >= 0.6 is 22.6 Å². The third kappa shape index (κ3) is 3.21. The molecule has 23 heavy (non-hydrogen) atoms. The fourth-order valence-corrected chi connectivity index (χ4v) is 3.09. The highest BCUT2D eigenvalue weighted by atomic mass is 127. The van der Waals surface area contributed by atoms with E-state index in [4.69, 9.17) is 4.74 Å². The van der Waals surface area contributed by atoms with Crippen LogP contribution in [0.2, 0.25) is 0 Å². The van der Waals surface area contributed by atoms with E-state index in [1.165, 1.54) is 19.2 Å². The second-order valence-corrected chi connectivity index (χ2v) is 6.29. The molecule has 0 saturated carbocycles. The Kier molecular flexibility index (Phi) is 5.34. The molecule has 0 bridgehead atoms. The quantitative estimate of drug-likeness (QED) is 0.301. The van der Waals surface area contributed by atoms with Crippen molar-refractivity contribution in [1.29, 1.82) is 0 Å². The van der Waals surface area contributed by atoms with Crippen molar-refractivity contribution < 1.29 is 28.7 Å². The molecule has 2 rings (SSSR count). The third-order valence-electron chi connectivity index (χ3n) is 3.50. The number of carbonyl (C=O) groups excluding carboxylic acids is 4. The molecule has 2 amide bonds. The van der Waals surface area contributed by atoms with E-state index in [0.29, 0.717) is 0 Å². The minimum atomic E-state index is -1.19. The zero-order valence-corrected chi connectivity index (χ0v) is 14.6. The first kappa shape index (κ1) is 17.4. The number of esters is 2. The number of methoxy groups -OCH3 is 2. The van der Waals surface area contributed by atoms with Crippen LogP contribution in [0.5, 0.6) is 0 Å². The van der Waals surface area contributed by atoms with E-state index in [0.717, 1.165) is 12.0 Å². The van der Waals surface area contributed by atoms with Gasteiger partial charge in [0.2, 0.25) is 0 Å². The van der Waals surface area contributed by atoms with Crippen molar-refractivity contribution in [2.75, 3.05) is 14.2 Å². The molecule has 1 aromatic rings. The van der Waals surface area contributed by atoms with Crippen molar-refractivity contribution in [1.82, 2.24) is 4.90 Å². The first-order valence-corrected chi connectivity index (χ1v) is 7.93. The van der Waals surface area contributed by atoms with Crippen LogP contribution in [0.3, 0.4) is 0 Å². The number of carbonyl (C=O) groups is 4. The van der Waals surface area contributed by atoms with Gasteiger partial charge in [-0.2, -0.15) is 0 Å². The van der Waals surface area contributed by atoms with Crippen LogP contribution in [0.25, 0.3) is 0 Å². The van der Waals surface area contributed by atoms with Gasteiger partial charge < -0.3 is 9.47 Å². The summed E-state index contributed by atoms with van der Waals surface area (Å²) in [5.74, 6) is -2.45. The Hall–Kier alpha value is -1.97. The standard InChI is InChI=1S/C15H14INO6/c1-22-14(20)10(16)7-11(15(21)23-2)17-12(18)8-5-3-4-6-9(8)13(17)19/h3-6,10-11H,7H2,1-2H3/t10-,11-/m0/s1. The highest BCUT2D eigenvalue weighted by Crippen LogP contribution is 2.27. The maximum atomic E-state index is 12.5. The van der Waals surface area contributed by atoms with E-state index < -0.39 is 33.7 Å². The molecular formula is C15H14INO6. The van der Waals surface area contributed by atoms with Gasteiger partial charge in [0, 0.05) is 6.42 Å².